The van der Waals surface area contributed by atoms with E-state index in [1.54, 1.807) is 0 Å². The van der Waals surface area contributed by atoms with Gasteiger partial charge >= 0.3 is 0 Å². The molecule has 0 aromatic heterocycles. The molecule has 13 rings (SSSR count). The Labute approximate surface area is 374 Å². The van der Waals surface area contributed by atoms with Crippen molar-refractivity contribution in [1.29, 1.82) is 0 Å². The summed E-state index contributed by atoms with van der Waals surface area (Å²) in [6.07, 6.45) is 0. The van der Waals surface area contributed by atoms with Crippen molar-refractivity contribution in [1.82, 2.24) is 0 Å². The Morgan fingerprint density at radius 2 is 0.766 bits per heavy atom. The summed E-state index contributed by atoms with van der Waals surface area (Å²) in [5.74, 6) is 1.73. The van der Waals surface area contributed by atoms with Gasteiger partial charge in [-0.2, -0.15) is 0 Å². The third kappa shape index (κ3) is 5.02. The van der Waals surface area contributed by atoms with Crippen LogP contribution in [0.1, 0.15) is 44.5 Å². The fraction of sp³-hybridized carbons (Fsp3) is 0.0323. The summed E-state index contributed by atoms with van der Waals surface area (Å²) in [7, 11) is 0. The van der Waals surface area contributed by atoms with Gasteiger partial charge in [0, 0.05) is 34.1 Å². The molecule has 10 aromatic carbocycles. The highest BCUT2D eigenvalue weighted by Gasteiger charge is 2.51. The Morgan fingerprint density at radius 3 is 1.41 bits per heavy atom. The maximum Gasteiger partial charge on any atom is 0.134 e. The van der Waals surface area contributed by atoms with Crippen molar-refractivity contribution in [2.24, 2.45) is 0 Å². The maximum absolute atomic E-state index is 7.10. The first-order chi connectivity index (χ1) is 31.8. The van der Waals surface area contributed by atoms with E-state index in [-0.39, 0.29) is 0 Å². The number of hydrogen-bond acceptors (Lipinski definition) is 2. The zero-order valence-corrected chi connectivity index (χ0v) is 35.0. The number of nitrogens with zero attached hydrogens (tertiary/aromatic N) is 1. The molecular weight excluding hydrogens is 775 g/mol. The molecule has 1 spiro atoms. The van der Waals surface area contributed by atoms with Crippen LogP contribution >= 0.6 is 0 Å². The maximum atomic E-state index is 7.10. The van der Waals surface area contributed by atoms with E-state index in [9.17, 15) is 0 Å². The zero-order chi connectivity index (χ0) is 42.2. The number of anilines is 3. The summed E-state index contributed by atoms with van der Waals surface area (Å²) < 4.78 is 7.10. The lowest BCUT2D eigenvalue weighted by Crippen LogP contribution is -2.32. The first-order valence-corrected chi connectivity index (χ1v) is 22.2. The first-order valence-electron chi connectivity index (χ1n) is 22.2. The summed E-state index contributed by atoms with van der Waals surface area (Å²) in [5.41, 5.74) is 19.3. The predicted molar refractivity (Wildman–Crippen MR) is 261 cm³/mol. The molecule has 0 saturated heterocycles. The van der Waals surface area contributed by atoms with Crippen molar-refractivity contribution >= 4 is 17.1 Å². The van der Waals surface area contributed by atoms with Gasteiger partial charge in [0.1, 0.15) is 11.5 Å². The molecule has 64 heavy (non-hydrogen) atoms. The van der Waals surface area contributed by atoms with Crippen molar-refractivity contribution in [2.45, 2.75) is 10.8 Å². The van der Waals surface area contributed by atoms with Crippen molar-refractivity contribution < 1.29 is 4.74 Å². The molecule has 0 radical (unpaired) electrons. The number of benzene rings is 10. The summed E-state index contributed by atoms with van der Waals surface area (Å²) in [6.45, 7) is 0. The predicted octanol–water partition coefficient (Wildman–Crippen LogP) is 15.7. The lowest BCUT2D eigenvalue weighted by Gasteiger charge is -2.40. The fourth-order valence-corrected chi connectivity index (χ4v) is 11.5. The van der Waals surface area contributed by atoms with Gasteiger partial charge in [-0.3, -0.25) is 0 Å². The molecule has 10 aromatic rings. The van der Waals surface area contributed by atoms with E-state index in [0.29, 0.717) is 0 Å². The molecule has 2 aliphatic carbocycles. The van der Waals surface area contributed by atoms with E-state index in [1.165, 1.54) is 66.8 Å². The monoisotopic (exact) mass is 815 g/mol. The summed E-state index contributed by atoms with van der Waals surface area (Å²) in [5, 5.41) is 0. The van der Waals surface area contributed by atoms with Crippen LogP contribution in [0.3, 0.4) is 0 Å². The van der Waals surface area contributed by atoms with E-state index in [4.69, 9.17) is 4.74 Å². The Hall–Kier alpha value is -8.20. The van der Waals surface area contributed by atoms with E-state index in [0.717, 1.165) is 39.7 Å². The molecule has 0 atom stereocenters. The van der Waals surface area contributed by atoms with Crippen LogP contribution < -0.4 is 9.64 Å². The molecule has 300 valence electrons. The number of hydrogen-bond donors (Lipinski definition) is 0. The average Bonchev–Trinajstić information content (AvgIpc) is 3.84. The number of para-hydroxylation sites is 1. The highest BCUT2D eigenvalue weighted by Crippen LogP contribution is 2.63. The van der Waals surface area contributed by atoms with Gasteiger partial charge < -0.3 is 9.64 Å². The van der Waals surface area contributed by atoms with E-state index < -0.39 is 10.8 Å². The lowest BCUT2D eigenvalue weighted by molar-refractivity contribution is 0.436. The van der Waals surface area contributed by atoms with Crippen LogP contribution in [0.5, 0.6) is 11.5 Å². The summed E-state index contributed by atoms with van der Waals surface area (Å²) in [6, 6.07) is 91.0. The van der Waals surface area contributed by atoms with Crippen LogP contribution in [0.15, 0.2) is 249 Å². The van der Waals surface area contributed by atoms with Crippen LogP contribution in [0.4, 0.5) is 17.1 Å². The molecular formula is C62H41NO. The molecule has 0 amide bonds. The minimum absolute atomic E-state index is 0.536. The third-order valence-corrected chi connectivity index (χ3v) is 14.0. The SMILES string of the molecule is c1ccc(-c2ccc(N(c3ccc4c(c3)Oc3ccccc3C43c4ccccc4-c4ccccc43)c3cccc4c3-c3ccccc3C4(c3ccccc3)c3ccccc3)cc2)cc1. The van der Waals surface area contributed by atoms with Crippen LogP contribution in [0.2, 0.25) is 0 Å². The van der Waals surface area contributed by atoms with E-state index in [1.807, 2.05) is 0 Å². The Kier molecular flexibility index (Phi) is 8.07. The minimum atomic E-state index is -0.546. The van der Waals surface area contributed by atoms with Crippen molar-refractivity contribution in [3.8, 4) is 44.9 Å². The minimum Gasteiger partial charge on any atom is -0.457 e. The van der Waals surface area contributed by atoms with Crippen LogP contribution in [0.25, 0.3) is 33.4 Å². The van der Waals surface area contributed by atoms with Gasteiger partial charge in [0.15, 0.2) is 0 Å². The highest BCUT2D eigenvalue weighted by molar-refractivity contribution is 5.98. The molecule has 0 saturated carbocycles. The quantitative estimate of drug-likeness (QED) is 0.166. The zero-order valence-electron chi connectivity index (χ0n) is 35.0. The summed E-state index contributed by atoms with van der Waals surface area (Å²) >= 11 is 0. The van der Waals surface area contributed by atoms with Gasteiger partial charge in [0.2, 0.25) is 0 Å². The van der Waals surface area contributed by atoms with Crippen LogP contribution in [-0.4, -0.2) is 0 Å². The van der Waals surface area contributed by atoms with Gasteiger partial charge in [-0.1, -0.05) is 212 Å². The Balaban J connectivity index is 1.08. The standard InChI is InChI=1S/C62H41NO/c1-4-19-42(20-5-1)43-35-37-46(38-36-43)63(57-33-18-32-56-60(57)50-27-12-15-30-53(50)61(56,44-21-6-2-7-22-44)45-23-8-3-9-24-45)47-39-40-55-59(41-47)64-58-34-17-16-31-54(58)62(55)51-28-13-10-25-48(51)49-26-11-14-29-52(49)62/h1-41H. The molecule has 2 heteroatoms. The second kappa shape index (κ2) is 14.2. The lowest BCUT2D eigenvalue weighted by atomic mass is 9.66. The smallest absolute Gasteiger partial charge is 0.134 e. The van der Waals surface area contributed by atoms with Crippen molar-refractivity contribution in [3.05, 3.63) is 293 Å². The van der Waals surface area contributed by atoms with Crippen LogP contribution in [0, 0.1) is 0 Å². The van der Waals surface area contributed by atoms with Gasteiger partial charge in [0.05, 0.1) is 16.5 Å². The van der Waals surface area contributed by atoms with Gasteiger partial charge in [-0.25, -0.2) is 0 Å². The van der Waals surface area contributed by atoms with Gasteiger partial charge in [0.25, 0.3) is 0 Å². The normalized spacial score (nSPS) is 14.0. The van der Waals surface area contributed by atoms with E-state index >= 15 is 0 Å². The largest absolute Gasteiger partial charge is 0.457 e. The van der Waals surface area contributed by atoms with Crippen molar-refractivity contribution in [3.63, 3.8) is 0 Å². The van der Waals surface area contributed by atoms with Crippen LogP contribution in [-0.2, 0) is 10.8 Å². The number of fused-ring (bicyclic) bond motifs is 12. The van der Waals surface area contributed by atoms with Gasteiger partial charge in [-0.15, -0.1) is 0 Å². The molecule has 3 aliphatic rings. The summed E-state index contributed by atoms with van der Waals surface area (Å²) in [4.78, 5) is 2.45. The molecule has 0 bridgehead atoms. The topological polar surface area (TPSA) is 12.5 Å². The molecule has 1 aliphatic heterocycles. The Bertz CT molecular complexity index is 3320. The Morgan fingerprint density at radius 1 is 0.297 bits per heavy atom. The molecule has 2 nitrogen and oxygen atoms in total. The third-order valence-electron chi connectivity index (χ3n) is 14.0. The number of rotatable bonds is 6. The first kappa shape index (κ1) is 36.5. The molecule has 0 fully saturated rings. The van der Waals surface area contributed by atoms with E-state index in [2.05, 4.69) is 254 Å². The number of ether oxygens (including phenoxy) is 1. The average molecular weight is 816 g/mol. The molecule has 1 heterocycles. The highest BCUT2D eigenvalue weighted by atomic mass is 16.5. The van der Waals surface area contributed by atoms with Gasteiger partial charge in [-0.05, 0) is 91.5 Å². The van der Waals surface area contributed by atoms with Crippen molar-refractivity contribution in [2.75, 3.05) is 4.90 Å². The fourth-order valence-electron chi connectivity index (χ4n) is 11.5. The second-order valence-corrected chi connectivity index (χ2v) is 17.1. The molecule has 0 N–H and O–H groups in total. The second-order valence-electron chi connectivity index (χ2n) is 17.1. The molecule has 0 unspecified atom stereocenters.